The lowest BCUT2D eigenvalue weighted by molar-refractivity contribution is 0.606. The maximum absolute atomic E-state index is 2.39. The fraction of sp³-hybridized carbons (Fsp3) is 0.667. The fourth-order valence-corrected chi connectivity index (χ4v) is 5.99. The molecule has 0 nitrogen and oxygen atoms in total. The summed E-state index contributed by atoms with van der Waals surface area (Å²) in [4.78, 5) is 0. The van der Waals surface area contributed by atoms with Gasteiger partial charge in [-0.15, -0.1) is 0 Å². The van der Waals surface area contributed by atoms with E-state index in [9.17, 15) is 0 Å². The molecule has 0 saturated carbocycles. The summed E-state index contributed by atoms with van der Waals surface area (Å²) in [5.74, 6) is 0. The summed E-state index contributed by atoms with van der Waals surface area (Å²) in [5, 5.41) is 1.78. The predicted octanol–water partition coefficient (Wildman–Crippen LogP) is 4.27. The lowest BCUT2D eigenvalue weighted by Gasteiger charge is -2.46. The molecule has 13 heavy (non-hydrogen) atoms. The van der Waals surface area contributed by atoms with Crippen molar-refractivity contribution < 1.29 is 0 Å². The van der Waals surface area contributed by atoms with Crippen LogP contribution in [0.25, 0.3) is 0 Å². The molecule has 0 bridgehead atoms. The molecule has 0 N–H and O–H groups in total. The predicted molar refractivity (Wildman–Crippen MR) is 61.5 cm³/mol. The van der Waals surface area contributed by atoms with Gasteiger partial charge >= 0.3 is 0 Å². The molecule has 1 heterocycles. The number of rotatable bonds is 3. The normalized spacial score (nSPS) is 37.4. The number of hydrogen-bond donors (Lipinski definition) is 0. The zero-order chi connectivity index (χ0) is 9.26. The van der Waals surface area contributed by atoms with Crippen LogP contribution in [0.2, 0.25) is 0 Å². The lowest BCUT2D eigenvalue weighted by atomic mass is 10.1. The molecule has 0 spiro atoms. The van der Waals surface area contributed by atoms with E-state index in [2.05, 4.69) is 32.1 Å². The standard InChI is InChI=1S/C12H19P/c1-3-10-9-11(4-2)13(10)12-7-5-6-8-12/h5-7,10-11H,3-4,8-9H2,1-2H3/t10-,11?,13?/m1/s1. The summed E-state index contributed by atoms with van der Waals surface area (Å²) in [5.41, 5.74) is 2.12. The Labute approximate surface area is 82.9 Å². The molecule has 1 fully saturated rings. The number of allylic oxidation sites excluding steroid dienone is 4. The van der Waals surface area contributed by atoms with Crippen LogP contribution < -0.4 is 0 Å². The molecular formula is C12H19P. The zero-order valence-corrected chi connectivity index (χ0v) is 9.56. The average Bonchev–Trinajstić information content (AvgIpc) is 2.57. The Balaban J connectivity index is 2.02. The second-order valence-corrected chi connectivity index (χ2v) is 6.91. The third kappa shape index (κ3) is 1.62. The van der Waals surface area contributed by atoms with E-state index in [1.807, 2.05) is 0 Å². The van der Waals surface area contributed by atoms with Gasteiger partial charge in [-0.1, -0.05) is 40.0 Å². The summed E-state index contributed by atoms with van der Waals surface area (Å²) in [6.07, 6.45) is 12.5. The van der Waals surface area contributed by atoms with Gasteiger partial charge in [0.25, 0.3) is 0 Å². The maximum Gasteiger partial charge on any atom is -0.00897 e. The Bertz CT molecular complexity index is 230. The van der Waals surface area contributed by atoms with E-state index in [4.69, 9.17) is 0 Å². The molecule has 0 aromatic carbocycles. The maximum atomic E-state index is 2.39. The van der Waals surface area contributed by atoms with Crippen molar-refractivity contribution in [3.05, 3.63) is 23.5 Å². The second-order valence-electron chi connectivity index (χ2n) is 4.06. The van der Waals surface area contributed by atoms with Crippen molar-refractivity contribution in [3.63, 3.8) is 0 Å². The van der Waals surface area contributed by atoms with Gasteiger partial charge in [-0.3, -0.25) is 0 Å². The minimum absolute atomic E-state index is 0.273. The lowest BCUT2D eigenvalue weighted by Crippen LogP contribution is -2.29. The molecule has 1 aliphatic carbocycles. The van der Waals surface area contributed by atoms with Crippen LogP contribution >= 0.6 is 7.92 Å². The first-order valence-corrected chi connectivity index (χ1v) is 6.98. The Morgan fingerprint density at radius 1 is 1.31 bits per heavy atom. The van der Waals surface area contributed by atoms with Gasteiger partial charge in [-0.25, -0.2) is 0 Å². The van der Waals surface area contributed by atoms with Crippen LogP contribution in [0.4, 0.5) is 0 Å². The van der Waals surface area contributed by atoms with E-state index < -0.39 is 0 Å². The molecule has 72 valence electrons. The second kappa shape index (κ2) is 3.96. The van der Waals surface area contributed by atoms with E-state index in [0.717, 1.165) is 11.3 Å². The van der Waals surface area contributed by atoms with Crippen molar-refractivity contribution in [1.82, 2.24) is 0 Å². The first-order chi connectivity index (χ1) is 6.36. The van der Waals surface area contributed by atoms with Crippen molar-refractivity contribution in [2.75, 3.05) is 0 Å². The van der Waals surface area contributed by atoms with Crippen LogP contribution in [0, 0.1) is 0 Å². The zero-order valence-electron chi connectivity index (χ0n) is 8.66. The highest BCUT2D eigenvalue weighted by Crippen LogP contribution is 2.68. The number of hydrogen-bond acceptors (Lipinski definition) is 0. The van der Waals surface area contributed by atoms with Crippen LogP contribution in [0.15, 0.2) is 23.5 Å². The molecule has 1 heteroatoms. The van der Waals surface area contributed by atoms with Gasteiger partial charge < -0.3 is 0 Å². The molecule has 3 atom stereocenters. The summed E-state index contributed by atoms with van der Waals surface area (Å²) >= 11 is 0. The first kappa shape index (κ1) is 9.46. The molecule has 2 rings (SSSR count). The van der Waals surface area contributed by atoms with Gasteiger partial charge in [0.05, 0.1) is 0 Å². The van der Waals surface area contributed by atoms with Crippen molar-refractivity contribution in [1.29, 1.82) is 0 Å². The molecule has 0 amide bonds. The Morgan fingerprint density at radius 3 is 2.46 bits per heavy atom. The van der Waals surface area contributed by atoms with Crippen LogP contribution in [0.1, 0.15) is 39.5 Å². The van der Waals surface area contributed by atoms with Gasteiger partial charge in [0, 0.05) is 0 Å². The van der Waals surface area contributed by atoms with Gasteiger partial charge in [0.2, 0.25) is 0 Å². The highest BCUT2D eigenvalue weighted by Gasteiger charge is 2.39. The van der Waals surface area contributed by atoms with Crippen molar-refractivity contribution in [2.45, 2.75) is 50.8 Å². The first-order valence-electron chi connectivity index (χ1n) is 5.50. The third-order valence-corrected chi connectivity index (χ3v) is 7.08. The summed E-state index contributed by atoms with van der Waals surface area (Å²) in [7, 11) is 0.273. The fourth-order valence-electron chi connectivity index (χ4n) is 2.52. The smallest absolute Gasteiger partial charge is 0.00897 e. The molecule has 1 saturated heterocycles. The molecule has 0 radical (unpaired) electrons. The van der Waals surface area contributed by atoms with Gasteiger partial charge in [0.15, 0.2) is 0 Å². The van der Waals surface area contributed by atoms with E-state index >= 15 is 0 Å². The van der Waals surface area contributed by atoms with Crippen molar-refractivity contribution >= 4 is 7.92 Å². The van der Waals surface area contributed by atoms with Crippen LogP contribution in [-0.2, 0) is 0 Å². The van der Waals surface area contributed by atoms with Gasteiger partial charge in [-0.2, -0.15) is 0 Å². The SMILES string of the molecule is CCC1C[C@@H](CC)P1C1=CC=CC1. The molecular weight excluding hydrogens is 175 g/mol. The molecule has 1 aliphatic heterocycles. The van der Waals surface area contributed by atoms with Gasteiger partial charge in [0.1, 0.15) is 0 Å². The minimum atomic E-state index is 0.273. The monoisotopic (exact) mass is 194 g/mol. The molecule has 0 aromatic rings. The Morgan fingerprint density at radius 2 is 2.00 bits per heavy atom. The minimum Gasteiger partial charge on any atom is -0.0801 e. The largest absolute Gasteiger partial charge is 0.0801 e. The van der Waals surface area contributed by atoms with Crippen molar-refractivity contribution in [2.24, 2.45) is 0 Å². The van der Waals surface area contributed by atoms with E-state index in [0.29, 0.717) is 0 Å². The van der Waals surface area contributed by atoms with E-state index in [1.165, 1.54) is 25.7 Å². The van der Waals surface area contributed by atoms with E-state index in [1.54, 1.807) is 5.31 Å². The molecule has 2 aliphatic rings. The molecule has 0 aromatic heterocycles. The average molecular weight is 194 g/mol. The van der Waals surface area contributed by atoms with E-state index in [-0.39, 0.29) is 7.92 Å². The summed E-state index contributed by atoms with van der Waals surface area (Å²) in [6, 6.07) is 0. The topological polar surface area (TPSA) is 0 Å². The van der Waals surface area contributed by atoms with Crippen LogP contribution in [-0.4, -0.2) is 11.3 Å². The van der Waals surface area contributed by atoms with Crippen LogP contribution in [0.3, 0.4) is 0 Å². The highest BCUT2D eigenvalue weighted by molar-refractivity contribution is 7.65. The van der Waals surface area contributed by atoms with Crippen molar-refractivity contribution in [3.8, 4) is 0 Å². The Hall–Kier alpha value is -0.0900. The summed E-state index contributed by atoms with van der Waals surface area (Å²) < 4.78 is 0. The third-order valence-electron chi connectivity index (χ3n) is 3.36. The quantitative estimate of drug-likeness (QED) is 0.588. The summed E-state index contributed by atoms with van der Waals surface area (Å²) in [6.45, 7) is 4.71. The Kier molecular flexibility index (Phi) is 2.89. The molecule has 2 unspecified atom stereocenters. The highest BCUT2D eigenvalue weighted by atomic mass is 31.1. The van der Waals surface area contributed by atoms with Crippen LogP contribution in [0.5, 0.6) is 0 Å². The van der Waals surface area contributed by atoms with Gasteiger partial charge in [-0.05, 0) is 42.3 Å².